The average Bonchev–Trinajstić information content (AvgIpc) is 2.87. The van der Waals surface area contributed by atoms with Crippen LogP contribution in [0.2, 0.25) is 0 Å². The van der Waals surface area contributed by atoms with Gasteiger partial charge in [-0.2, -0.15) is 0 Å². The van der Waals surface area contributed by atoms with Crippen molar-refractivity contribution < 1.29 is 4.74 Å². The monoisotopic (exact) mass is 336 g/mol. The van der Waals surface area contributed by atoms with Crippen molar-refractivity contribution in [1.82, 2.24) is 25.4 Å². The van der Waals surface area contributed by atoms with Crippen LogP contribution in [0.3, 0.4) is 0 Å². The Morgan fingerprint density at radius 3 is 2.67 bits per heavy atom. The van der Waals surface area contributed by atoms with Crippen molar-refractivity contribution in [3.63, 3.8) is 0 Å². The van der Waals surface area contributed by atoms with Crippen LogP contribution in [0.4, 0.5) is 0 Å². The lowest BCUT2D eigenvalue weighted by Crippen LogP contribution is -2.46. The van der Waals surface area contributed by atoms with Crippen molar-refractivity contribution in [2.75, 3.05) is 26.8 Å². The average molecular weight is 336 g/mol. The first kappa shape index (κ1) is 18.7. The summed E-state index contributed by atoms with van der Waals surface area (Å²) >= 11 is 0. The highest BCUT2D eigenvalue weighted by Gasteiger charge is 2.34. The molecule has 0 unspecified atom stereocenters. The summed E-state index contributed by atoms with van der Waals surface area (Å²) in [5.74, 6) is 2.63. The molecule has 1 heterocycles. The summed E-state index contributed by atoms with van der Waals surface area (Å²) in [6, 6.07) is 0. The van der Waals surface area contributed by atoms with E-state index in [-0.39, 0.29) is 0 Å². The molecule has 0 aliphatic heterocycles. The fourth-order valence-electron chi connectivity index (χ4n) is 2.94. The Morgan fingerprint density at radius 1 is 1.33 bits per heavy atom. The first-order chi connectivity index (χ1) is 11.6. The number of ether oxygens (including phenoxy) is 1. The van der Waals surface area contributed by atoms with E-state index in [0.29, 0.717) is 12.0 Å². The Hall–Kier alpha value is -1.63. The van der Waals surface area contributed by atoms with E-state index in [1.807, 2.05) is 18.5 Å². The van der Waals surface area contributed by atoms with E-state index < -0.39 is 0 Å². The van der Waals surface area contributed by atoms with Crippen LogP contribution in [-0.2, 0) is 18.3 Å². The third kappa shape index (κ3) is 4.93. The van der Waals surface area contributed by atoms with E-state index >= 15 is 0 Å². The van der Waals surface area contributed by atoms with E-state index in [0.717, 1.165) is 43.7 Å². The minimum Gasteiger partial charge on any atom is -0.385 e. The molecule has 1 aromatic heterocycles. The second-order valence-corrected chi connectivity index (χ2v) is 6.72. The SMILES string of the molecule is CCC1(CNC(=NCc2nnc(C)n2C)NCCCOC)CCC1. The molecule has 7 heteroatoms. The van der Waals surface area contributed by atoms with Gasteiger partial charge in [-0.25, -0.2) is 4.99 Å². The highest BCUT2D eigenvalue weighted by Crippen LogP contribution is 2.42. The summed E-state index contributed by atoms with van der Waals surface area (Å²) < 4.78 is 7.09. The lowest BCUT2D eigenvalue weighted by atomic mass is 9.67. The maximum absolute atomic E-state index is 5.11. The van der Waals surface area contributed by atoms with Gasteiger partial charge in [0.25, 0.3) is 0 Å². The van der Waals surface area contributed by atoms with Gasteiger partial charge >= 0.3 is 0 Å². The molecule has 7 nitrogen and oxygen atoms in total. The van der Waals surface area contributed by atoms with Crippen molar-refractivity contribution in [3.8, 4) is 0 Å². The van der Waals surface area contributed by atoms with Gasteiger partial charge in [-0.15, -0.1) is 10.2 Å². The van der Waals surface area contributed by atoms with Crippen molar-refractivity contribution in [1.29, 1.82) is 0 Å². The van der Waals surface area contributed by atoms with Crippen LogP contribution >= 0.6 is 0 Å². The molecule has 0 amide bonds. The molecule has 1 aliphatic rings. The standard InChI is InChI=1S/C17H32N6O/c1-5-17(8-6-9-17)13-20-16(18-10-7-11-24-4)19-12-15-22-21-14(2)23(15)3/h5-13H2,1-4H3,(H2,18,19,20). The van der Waals surface area contributed by atoms with Crippen LogP contribution in [0, 0.1) is 12.3 Å². The molecule has 1 saturated carbocycles. The van der Waals surface area contributed by atoms with Crippen LogP contribution in [0.5, 0.6) is 0 Å². The van der Waals surface area contributed by atoms with Gasteiger partial charge in [0.05, 0.1) is 0 Å². The van der Waals surface area contributed by atoms with E-state index in [2.05, 4.69) is 27.8 Å². The first-order valence-electron chi connectivity index (χ1n) is 8.96. The number of nitrogens with one attached hydrogen (secondary N) is 2. The number of aromatic nitrogens is 3. The molecule has 0 radical (unpaired) electrons. The minimum absolute atomic E-state index is 0.455. The molecule has 0 bridgehead atoms. The summed E-state index contributed by atoms with van der Waals surface area (Å²) in [5, 5.41) is 15.2. The van der Waals surface area contributed by atoms with Gasteiger partial charge in [0.15, 0.2) is 11.8 Å². The number of hydrogen-bond donors (Lipinski definition) is 2. The molecule has 0 spiro atoms. The summed E-state index contributed by atoms with van der Waals surface area (Å²) in [5.41, 5.74) is 0.455. The van der Waals surface area contributed by atoms with Crippen LogP contribution in [0.25, 0.3) is 0 Å². The number of aliphatic imine (C=N–C) groups is 1. The zero-order valence-electron chi connectivity index (χ0n) is 15.6. The topological polar surface area (TPSA) is 76.4 Å². The Balaban J connectivity index is 1.93. The summed E-state index contributed by atoms with van der Waals surface area (Å²) in [7, 11) is 3.70. The van der Waals surface area contributed by atoms with E-state index in [1.165, 1.54) is 25.7 Å². The predicted molar refractivity (Wildman–Crippen MR) is 96.0 cm³/mol. The highest BCUT2D eigenvalue weighted by molar-refractivity contribution is 5.79. The van der Waals surface area contributed by atoms with Gasteiger partial charge in [0.1, 0.15) is 12.4 Å². The lowest BCUT2D eigenvalue weighted by molar-refractivity contribution is 0.131. The van der Waals surface area contributed by atoms with Crippen LogP contribution in [0.15, 0.2) is 4.99 Å². The Kier molecular flexibility index (Phi) is 7.02. The molecule has 2 N–H and O–H groups in total. The first-order valence-corrected chi connectivity index (χ1v) is 8.96. The molecule has 2 rings (SSSR count). The Morgan fingerprint density at radius 2 is 2.12 bits per heavy atom. The molecule has 24 heavy (non-hydrogen) atoms. The van der Waals surface area contributed by atoms with Crippen LogP contribution in [-0.4, -0.2) is 47.5 Å². The van der Waals surface area contributed by atoms with Gasteiger partial charge in [0, 0.05) is 33.9 Å². The predicted octanol–water partition coefficient (Wildman–Crippen LogP) is 1.78. The summed E-state index contributed by atoms with van der Waals surface area (Å²) in [6.45, 7) is 7.34. The third-order valence-electron chi connectivity index (χ3n) is 5.17. The fraction of sp³-hybridized carbons (Fsp3) is 0.824. The Bertz CT molecular complexity index is 530. The molecular formula is C17H32N6O. The summed E-state index contributed by atoms with van der Waals surface area (Å²) in [6.07, 6.45) is 6.16. The molecule has 0 aromatic carbocycles. The van der Waals surface area contributed by atoms with Gasteiger partial charge in [-0.05, 0) is 38.0 Å². The molecule has 1 aromatic rings. The highest BCUT2D eigenvalue weighted by atomic mass is 16.5. The smallest absolute Gasteiger partial charge is 0.191 e. The maximum Gasteiger partial charge on any atom is 0.191 e. The summed E-state index contributed by atoms with van der Waals surface area (Å²) in [4.78, 5) is 4.69. The quantitative estimate of drug-likeness (QED) is 0.408. The van der Waals surface area contributed by atoms with Gasteiger partial charge in [-0.3, -0.25) is 0 Å². The molecule has 136 valence electrons. The fourth-order valence-corrected chi connectivity index (χ4v) is 2.94. The zero-order chi connectivity index (χ0) is 17.4. The van der Waals surface area contributed by atoms with E-state index in [9.17, 15) is 0 Å². The van der Waals surface area contributed by atoms with Crippen molar-refractivity contribution in [2.24, 2.45) is 17.5 Å². The van der Waals surface area contributed by atoms with Gasteiger partial charge < -0.3 is 19.9 Å². The van der Waals surface area contributed by atoms with Crippen LogP contribution < -0.4 is 10.6 Å². The Labute approximate surface area is 145 Å². The number of methoxy groups -OCH3 is 1. The number of nitrogens with zero attached hydrogens (tertiary/aromatic N) is 4. The zero-order valence-corrected chi connectivity index (χ0v) is 15.6. The van der Waals surface area contributed by atoms with E-state index in [4.69, 9.17) is 9.73 Å². The second-order valence-electron chi connectivity index (χ2n) is 6.72. The normalized spacial score (nSPS) is 16.8. The number of hydrogen-bond acceptors (Lipinski definition) is 4. The van der Waals surface area contributed by atoms with Crippen LogP contribution in [0.1, 0.15) is 50.7 Å². The van der Waals surface area contributed by atoms with Gasteiger partial charge in [0.2, 0.25) is 0 Å². The van der Waals surface area contributed by atoms with E-state index in [1.54, 1.807) is 7.11 Å². The number of aryl methyl sites for hydroxylation is 1. The number of guanidine groups is 1. The molecular weight excluding hydrogens is 304 g/mol. The van der Waals surface area contributed by atoms with Crippen molar-refractivity contribution in [2.45, 2.75) is 52.5 Å². The second kappa shape index (κ2) is 9.01. The minimum atomic E-state index is 0.455. The lowest BCUT2D eigenvalue weighted by Gasteiger charge is -2.41. The number of rotatable bonds is 9. The largest absolute Gasteiger partial charge is 0.385 e. The maximum atomic E-state index is 5.11. The third-order valence-corrected chi connectivity index (χ3v) is 5.17. The van der Waals surface area contributed by atoms with Crippen molar-refractivity contribution >= 4 is 5.96 Å². The van der Waals surface area contributed by atoms with Crippen molar-refractivity contribution in [3.05, 3.63) is 11.6 Å². The molecule has 0 saturated heterocycles. The molecule has 1 aliphatic carbocycles. The molecule has 0 atom stereocenters. The molecule has 1 fully saturated rings. The van der Waals surface area contributed by atoms with Gasteiger partial charge in [-0.1, -0.05) is 13.3 Å².